The maximum Gasteiger partial charge on any atom is 0.0547 e. The second-order valence-electron chi connectivity index (χ2n) is 16.9. The van der Waals surface area contributed by atoms with E-state index in [4.69, 9.17) is 5.11 Å². The van der Waals surface area contributed by atoms with Gasteiger partial charge >= 0.3 is 0 Å². The van der Waals surface area contributed by atoms with Gasteiger partial charge in [0.2, 0.25) is 0 Å². The number of nitrogens with zero attached hydrogens (tertiary/aromatic N) is 2. The van der Waals surface area contributed by atoms with Gasteiger partial charge in [-0.05, 0) is 140 Å². The second kappa shape index (κ2) is 16.9. The van der Waals surface area contributed by atoms with E-state index < -0.39 is 0 Å². The Kier molecular flexibility index (Phi) is 10.2. The number of benzene rings is 11. The molecule has 3 nitrogen and oxygen atoms in total. The highest BCUT2D eigenvalue weighted by Crippen LogP contribution is 2.44. The lowest BCUT2D eigenvalue weighted by Crippen LogP contribution is -2.10. The van der Waals surface area contributed by atoms with Crippen molar-refractivity contribution in [2.75, 3.05) is 12.0 Å². The molecule has 0 spiro atoms. The fraction of sp³-hybridized carbons (Fsp3) is 0.0159. The van der Waals surface area contributed by atoms with Crippen LogP contribution in [0.15, 0.2) is 243 Å². The van der Waals surface area contributed by atoms with Crippen LogP contribution in [0, 0.1) is 0 Å². The average molecular weight is 877 g/mol. The van der Waals surface area contributed by atoms with Gasteiger partial charge in [-0.1, -0.05) is 158 Å². The first-order valence-electron chi connectivity index (χ1n) is 22.7. The van der Waals surface area contributed by atoms with Gasteiger partial charge in [0, 0.05) is 60.8 Å². The Morgan fingerprint density at radius 3 is 1.60 bits per heavy atom. The summed E-state index contributed by atoms with van der Waals surface area (Å²) in [6.45, 7) is 0. The van der Waals surface area contributed by atoms with Gasteiger partial charge in [-0.2, -0.15) is 0 Å². The van der Waals surface area contributed by atoms with E-state index >= 15 is 0 Å². The van der Waals surface area contributed by atoms with E-state index in [1.54, 1.807) is 0 Å². The monoisotopic (exact) mass is 876 g/mol. The predicted octanol–water partition coefficient (Wildman–Crippen LogP) is 17.5. The Labute approximate surface area is 393 Å². The first-order valence-corrected chi connectivity index (χ1v) is 23.5. The van der Waals surface area contributed by atoms with Crippen molar-refractivity contribution < 1.29 is 5.11 Å². The molecule has 0 saturated heterocycles. The minimum atomic E-state index is 1.00. The van der Waals surface area contributed by atoms with Gasteiger partial charge in [-0.3, -0.25) is 0 Å². The van der Waals surface area contributed by atoms with Crippen LogP contribution in [-0.2, 0) is 0 Å². The zero-order valence-corrected chi connectivity index (χ0v) is 37.7. The van der Waals surface area contributed by atoms with Crippen molar-refractivity contribution in [2.45, 2.75) is 0 Å². The summed E-state index contributed by atoms with van der Waals surface area (Å²) < 4.78 is 5.01. The molecule has 11 aromatic carbocycles. The Morgan fingerprint density at radius 1 is 0.313 bits per heavy atom. The van der Waals surface area contributed by atoms with E-state index in [2.05, 4.69) is 252 Å². The highest BCUT2D eigenvalue weighted by atomic mass is 32.1. The molecule has 0 unspecified atom stereocenters. The van der Waals surface area contributed by atoms with Crippen molar-refractivity contribution >= 4 is 91.9 Å². The van der Waals surface area contributed by atoms with Crippen LogP contribution in [0.4, 0.5) is 17.1 Å². The Bertz CT molecular complexity index is 3950. The lowest BCUT2D eigenvalue weighted by Gasteiger charge is -2.27. The third kappa shape index (κ3) is 7.11. The molecule has 0 atom stereocenters. The first kappa shape index (κ1) is 40.2. The van der Waals surface area contributed by atoms with Crippen molar-refractivity contribution in [1.82, 2.24) is 4.57 Å². The summed E-state index contributed by atoms with van der Waals surface area (Å²) in [5, 5.41) is 17.0. The molecule has 0 aliphatic rings. The van der Waals surface area contributed by atoms with Gasteiger partial charge < -0.3 is 14.6 Å². The number of para-hydroxylation sites is 3. The van der Waals surface area contributed by atoms with Crippen LogP contribution in [0.5, 0.6) is 0 Å². The molecule has 318 valence electrons. The molecule has 13 aromatic rings. The molecule has 0 radical (unpaired) electrons. The van der Waals surface area contributed by atoms with Gasteiger partial charge in [-0.25, -0.2) is 0 Å². The molecule has 0 aliphatic carbocycles. The lowest BCUT2D eigenvalue weighted by atomic mass is 9.95. The summed E-state index contributed by atoms with van der Waals surface area (Å²) in [6.07, 6.45) is 0. The normalized spacial score (nSPS) is 11.4. The Balaban J connectivity index is 0.00000231. The number of hydrogen-bond donors (Lipinski definition) is 1. The summed E-state index contributed by atoms with van der Waals surface area (Å²) in [5.74, 6) is 0. The highest BCUT2D eigenvalue weighted by Gasteiger charge is 2.19. The Hall–Kier alpha value is -8.28. The second-order valence-corrected chi connectivity index (χ2v) is 18.0. The summed E-state index contributed by atoms with van der Waals surface area (Å²) in [6, 6.07) is 89.2. The number of aromatic nitrogens is 1. The minimum absolute atomic E-state index is 1.00. The van der Waals surface area contributed by atoms with Crippen LogP contribution >= 0.6 is 11.3 Å². The van der Waals surface area contributed by atoms with Crippen molar-refractivity contribution in [1.29, 1.82) is 0 Å². The maximum absolute atomic E-state index is 7.00. The van der Waals surface area contributed by atoms with E-state index in [0.29, 0.717) is 0 Å². The van der Waals surface area contributed by atoms with Crippen LogP contribution in [0.1, 0.15) is 0 Å². The molecule has 2 heterocycles. The molecule has 2 aromatic heterocycles. The smallest absolute Gasteiger partial charge is 0.0547 e. The molecule has 13 rings (SSSR count). The third-order valence-electron chi connectivity index (χ3n) is 13.1. The van der Waals surface area contributed by atoms with Crippen LogP contribution in [0.25, 0.3) is 103 Å². The number of hydrogen-bond acceptors (Lipinski definition) is 3. The number of aliphatic hydroxyl groups excluding tert-OH is 1. The quantitative estimate of drug-likeness (QED) is 0.162. The van der Waals surface area contributed by atoms with Crippen molar-refractivity contribution in [2.24, 2.45) is 0 Å². The largest absolute Gasteiger partial charge is 0.400 e. The third-order valence-corrected chi connectivity index (χ3v) is 14.2. The number of thiophene rings is 1. The molecule has 0 saturated carbocycles. The van der Waals surface area contributed by atoms with Crippen LogP contribution in [-0.4, -0.2) is 16.8 Å². The van der Waals surface area contributed by atoms with Gasteiger partial charge in [-0.15, -0.1) is 11.3 Å². The van der Waals surface area contributed by atoms with Crippen LogP contribution < -0.4 is 4.90 Å². The standard InChI is InChI=1S/C62H40N2S.CH4O/c1-4-14-41(15-5-1)42-26-30-53-45(34-42)24-25-46-36-51(29-33-54(46)53)63(49-16-6-2-7-17-49)52-37-47(35-48(38-52)44-28-32-58-57-21-11-13-23-61(57)65-62(58)40-44)43-27-31-56-55-20-10-12-22-59(55)64(60(56)39-43)50-18-8-3-9-19-50;1-2/h1-40H;2H,1H3. The molecule has 1 N–H and O–H groups in total. The number of fused-ring (bicyclic) bond motifs is 9. The molecule has 0 aliphatic heterocycles. The zero-order valence-electron chi connectivity index (χ0n) is 36.8. The van der Waals surface area contributed by atoms with Crippen molar-refractivity contribution in [3.05, 3.63) is 243 Å². The number of rotatable bonds is 7. The topological polar surface area (TPSA) is 28.4 Å². The molecular weight excluding hydrogens is 833 g/mol. The SMILES string of the molecule is CO.c1ccc(-c2ccc3c(ccc4cc(N(c5ccccc5)c5cc(-c6ccc7c(c6)sc6ccccc67)cc(-c6ccc7c8ccccc8n(-c8ccccc8)c7c6)c5)ccc43)c2)cc1. The summed E-state index contributed by atoms with van der Waals surface area (Å²) >= 11 is 1.87. The number of anilines is 3. The van der Waals surface area contributed by atoms with Crippen LogP contribution in [0.3, 0.4) is 0 Å². The van der Waals surface area contributed by atoms with Gasteiger partial charge in [0.1, 0.15) is 0 Å². The molecule has 0 amide bonds. The summed E-state index contributed by atoms with van der Waals surface area (Å²) in [4.78, 5) is 2.42. The summed E-state index contributed by atoms with van der Waals surface area (Å²) in [7, 11) is 1.00. The number of aliphatic hydroxyl groups is 1. The van der Waals surface area contributed by atoms with Crippen molar-refractivity contribution in [3.8, 4) is 39.1 Å². The van der Waals surface area contributed by atoms with E-state index in [1.165, 1.54) is 85.8 Å². The zero-order chi connectivity index (χ0) is 44.8. The fourth-order valence-corrected chi connectivity index (χ4v) is 11.2. The predicted molar refractivity (Wildman–Crippen MR) is 288 cm³/mol. The van der Waals surface area contributed by atoms with Crippen molar-refractivity contribution in [3.63, 3.8) is 0 Å². The van der Waals surface area contributed by atoms with E-state index in [1.807, 2.05) is 11.3 Å². The highest BCUT2D eigenvalue weighted by molar-refractivity contribution is 7.25. The lowest BCUT2D eigenvalue weighted by molar-refractivity contribution is 0.399. The molecule has 0 fully saturated rings. The van der Waals surface area contributed by atoms with E-state index in [9.17, 15) is 0 Å². The average Bonchev–Trinajstić information content (AvgIpc) is 3.95. The summed E-state index contributed by atoms with van der Waals surface area (Å²) in [5.41, 5.74) is 14.0. The van der Waals surface area contributed by atoms with Crippen LogP contribution in [0.2, 0.25) is 0 Å². The first-order chi connectivity index (χ1) is 33.2. The van der Waals surface area contributed by atoms with E-state index in [0.717, 1.165) is 41.0 Å². The van der Waals surface area contributed by atoms with Gasteiger partial charge in [0.05, 0.1) is 11.0 Å². The van der Waals surface area contributed by atoms with E-state index in [-0.39, 0.29) is 0 Å². The minimum Gasteiger partial charge on any atom is -0.400 e. The molecule has 67 heavy (non-hydrogen) atoms. The van der Waals surface area contributed by atoms with Gasteiger partial charge in [0.25, 0.3) is 0 Å². The molecule has 4 heteroatoms. The molecular formula is C63H44N2OS. The molecule has 0 bridgehead atoms. The Morgan fingerprint density at radius 2 is 0.851 bits per heavy atom. The fourth-order valence-electron chi connectivity index (χ4n) is 10.0. The van der Waals surface area contributed by atoms with Gasteiger partial charge in [0.15, 0.2) is 0 Å². The maximum atomic E-state index is 7.00.